The number of amides is 1. The topological polar surface area (TPSA) is 29.5 Å². The van der Waals surface area contributed by atoms with Crippen molar-refractivity contribution in [3.8, 4) is 5.75 Å². The molecule has 0 aliphatic carbocycles. The van der Waals surface area contributed by atoms with Gasteiger partial charge in [0.15, 0.2) is 6.10 Å². The summed E-state index contributed by atoms with van der Waals surface area (Å²) in [4.78, 5) is 13.2. The van der Waals surface area contributed by atoms with Crippen LogP contribution in [-0.2, 0) is 4.79 Å². The smallest absolute Gasteiger partial charge is 0.263 e. The quantitative estimate of drug-likeness (QED) is 0.846. The summed E-state index contributed by atoms with van der Waals surface area (Å²) >= 11 is 0. The van der Waals surface area contributed by atoms with Gasteiger partial charge in [-0.3, -0.25) is 4.79 Å². The maximum absolute atomic E-state index is 11.5. The van der Waals surface area contributed by atoms with Crippen molar-refractivity contribution in [1.82, 2.24) is 4.90 Å². The molecule has 2 aromatic rings. The van der Waals surface area contributed by atoms with Crippen LogP contribution in [0.5, 0.6) is 5.75 Å². The molecule has 1 fully saturated rings. The summed E-state index contributed by atoms with van der Waals surface area (Å²) in [7, 11) is 1.80. The van der Waals surface area contributed by atoms with E-state index in [1.54, 1.807) is 11.9 Å². The number of nitrogens with zero attached hydrogens (tertiary/aromatic N) is 1. The van der Waals surface area contributed by atoms with E-state index in [1.807, 2.05) is 48.5 Å². The van der Waals surface area contributed by atoms with E-state index >= 15 is 0 Å². The van der Waals surface area contributed by atoms with E-state index in [4.69, 9.17) is 4.74 Å². The van der Waals surface area contributed by atoms with E-state index in [-0.39, 0.29) is 12.0 Å². The Bertz CT molecular complexity index is 554. The van der Waals surface area contributed by atoms with Gasteiger partial charge < -0.3 is 9.64 Å². The number of hydrogen-bond acceptors (Lipinski definition) is 2. The van der Waals surface area contributed by atoms with Gasteiger partial charge in [-0.05, 0) is 19.1 Å². The Balaban J connectivity index is 0.000000194. The minimum Gasteiger partial charge on any atom is -0.481 e. The van der Waals surface area contributed by atoms with Crippen molar-refractivity contribution >= 4 is 5.91 Å². The number of likely N-dealkylation sites (tertiary alicyclic amines) is 1. The van der Waals surface area contributed by atoms with Crippen LogP contribution in [0.3, 0.4) is 0 Å². The third kappa shape index (κ3) is 4.63. The molecule has 0 aromatic heterocycles. The molecular formula is C18H21NO2. The second kappa shape index (κ2) is 7.48. The fraction of sp³-hybridized carbons (Fsp3) is 0.278. The van der Waals surface area contributed by atoms with Crippen molar-refractivity contribution in [3.05, 3.63) is 66.2 Å². The standard InChI is InChI=1S/C11H13NO2.C7H8/c1-12-8-7-10(11(12)13)14-9-5-3-2-4-6-9;1-7-5-3-2-4-6-7/h2-6,10H,7-8H2,1H3;2-6H,1H3. The van der Waals surface area contributed by atoms with E-state index in [1.165, 1.54) is 5.56 Å². The summed E-state index contributed by atoms with van der Waals surface area (Å²) in [5.41, 5.74) is 1.32. The Morgan fingerprint density at radius 1 is 1.00 bits per heavy atom. The molecule has 0 N–H and O–H groups in total. The molecule has 2 aromatic carbocycles. The van der Waals surface area contributed by atoms with Crippen molar-refractivity contribution in [1.29, 1.82) is 0 Å². The highest BCUT2D eigenvalue weighted by Gasteiger charge is 2.30. The predicted octanol–water partition coefficient (Wildman–Crippen LogP) is 3.29. The zero-order valence-electron chi connectivity index (χ0n) is 12.5. The number of ether oxygens (including phenoxy) is 1. The number of benzene rings is 2. The molecule has 1 amide bonds. The third-order valence-electron chi connectivity index (χ3n) is 3.34. The molecule has 21 heavy (non-hydrogen) atoms. The highest BCUT2D eigenvalue weighted by molar-refractivity contribution is 5.83. The number of para-hydroxylation sites is 1. The Morgan fingerprint density at radius 2 is 1.57 bits per heavy atom. The van der Waals surface area contributed by atoms with E-state index in [2.05, 4.69) is 19.1 Å². The van der Waals surface area contributed by atoms with Gasteiger partial charge in [0, 0.05) is 20.0 Å². The lowest BCUT2D eigenvalue weighted by Gasteiger charge is -2.12. The number of hydrogen-bond donors (Lipinski definition) is 0. The molecule has 1 saturated heterocycles. The summed E-state index contributed by atoms with van der Waals surface area (Å²) in [5.74, 6) is 0.843. The van der Waals surface area contributed by atoms with Crippen LogP contribution in [0, 0.1) is 6.92 Å². The molecule has 1 atom stereocenters. The molecule has 0 bridgehead atoms. The first kappa shape index (κ1) is 15.1. The molecule has 110 valence electrons. The molecule has 3 heteroatoms. The van der Waals surface area contributed by atoms with Gasteiger partial charge in [0.05, 0.1) is 0 Å². The molecule has 1 unspecified atom stereocenters. The van der Waals surface area contributed by atoms with Gasteiger partial charge in [-0.25, -0.2) is 0 Å². The van der Waals surface area contributed by atoms with Gasteiger partial charge >= 0.3 is 0 Å². The highest BCUT2D eigenvalue weighted by Crippen LogP contribution is 2.17. The summed E-state index contributed by atoms with van der Waals surface area (Å²) in [6, 6.07) is 19.7. The number of carbonyl (C=O) groups is 1. The molecule has 1 heterocycles. The molecule has 3 nitrogen and oxygen atoms in total. The molecule has 0 radical (unpaired) electrons. The molecule has 3 rings (SSSR count). The first-order valence-corrected chi connectivity index (χ1v) is 7.15. The molecule has 1 aliphatic heterocycles. The SMILES string of the molecule is CN1CCC(Oc2ccccc2)C1=O.Cc1ccccc1. The van der Waals surface area contributed by atoms with Crippen LogP contribution in [0.1, 0.15) is 12.0 Å². The largest absolute Gasteiger partial charge is 0.481 e. The highest BCUT2D eigenvalue weighted by atomic mass is 16.5. The summed E-state index contributed by atoms with van der Waals surface area (Å²) < 4.78 is 5.57. The van der Waals surface area contributed by atoms with Crippen LogP contribution < -0.4 is 4.74 Å². The van der Waals surface area contributed by atoms with Gasteiger partial charge in [0.2, 0.25) is 0 Å². The maximum atomic E-state index is 11.5. The summed E-state index contributed by atoms with van der Waals surface area (Å²) in [5, 5.41) is 0. The number of likely N-dealkylation sites (N-methyl/N-ethyl adjacent to an activating group) is 1. The first-order valence-electron chi connectivity index (χ1n) is 7.15. The lowest BCUT2D eigenvalue weighted by atomic mass is 10.2. The van der Waals surface area contributed by atoms with E-state index < -0.39 is 0 Å². The minimum absolute atomic E-state index is 0.0776. The molecule has 0 saturated carbocycles. The van der Waals surface area contributed by atoms with Gasteiger partial charge in [-0.2, -0.15) is 0 Å². The van der Waals surface area contributed by atoms with Gasteiger partial charge in [-0.15, -0.1) is 0 Å². The van der Waals surface area contributed by atoms with Gasteiger partial charge in [-0.1, -0.05) is 54.1 Å². The van der Waals surface area contributed by atoms with Crippen molar-refractivity contribution in [2.45, 2.75) is 19.4 Å². The van der Waals surface area contributed by atoms with Crippen molar-refractivity contribution in [2.75, 3.05) is 13.6 Å². The fourth-order valence-corrected chi connectivity index (χ4v) is 2.10. The van der Waals surface area contributed by atoms with E-state index in [0.29, 0.717) is 0 Å². The van der Waals surface area contributed by atoms with Crippen LogP contribution in [0.2, 0.25) is 0 Å². The Labute approximate surface area is 126 Å². The van der Waals surface area contributed by atoms with Gasteiger partial charge in [0.1, 0.15) is 5.75 Å². The van der Waals surface area contributed by atoms with Crippen molar-refractivity contribution in [2.24, 2.45) is 0 Å². The average molecular weight is 283 g/mol. The first-order chi connectivity index (χ1) is 10.2. The van der Waals surface area contributed by atoms with Crippen LogP contribution in [-0.4, -0.2) is 30.5 Å². The van der Waals surface area contributed by atoms with E-state index in [9.17, 15) is 4.79 Å². The van der Waals surface area contributed by atoms with Crippen LogP contribution in [0.4, 0.5) is 0 Å². The van der Waals surface area contributed by atoms with Crippen molar-refractivity contribution < 1.29 is 9.53 Å². The van der Waals surface area contributed by atoms with Crippen LogP contribution in [0.25, 0.3) is 0 Å². The van der Waals surface area contributed by atoms with Crippen LogP contribution in [0.15, 0.2) is 60.7 Å². The Kier molecular flexibility index (Phi) is 5.38. The Hall–Kier alpha value is -2.29. The number of carbonyl (C=O) groups excluding carboxylic acids is 1. The Morgan fingerprint density at radius 3 is 2.00 bits per heavy atom. The molecular weight excluding hydrogens is 262 g/mol. The van der Waals surface area contributed by atoms with Crippen LogP contribution >= 0.6 is 0 Å². The van der Waals surface area contributed by atoms with Crippen molar-refractivity contribution in [3.63, 3.8) is 0 Å². The zero-order valence-corrected chi connectivity index (χ0v) is 12.5. The lowest BCUT2D eigenvalue weighted by Crippen LogP contribution is -2.29. The predicted molar refractivity (Wildman–Crippen MR) is 84.3 cm³/mol. The minimum atomic E-state index is -0.289. The lowest BCUT2D eigenvalue weighted by molar-refractivity contribution is -0.132. The fourth-order valence-electron chi connectivity index (χ4n) is 2.10. The molecule has 0 spiro atoms. The second-order valence-corrected chi connectivity index (χ2v) is 5.12. The number of aryl methyl sites for hydroxylation is 1. The zero-order chi connectivity index (χ0) is 15.1. The number of rotatable bonds is 2. The third-order valence-corrected chi connectivity index (χ3v) is 3.34. The normalized spacial score (nSPS) is 17.1. The monoisotopic (exact) mass is 283 g/mol. The maximum Gasteiger partial charge on any atom is 0.263 e. The van der Waals surface area contributed by atoms with Gasteiger partial charge in [0.25, 0.3) is 5.91 Å². The molecule has 1 aliphatic rings. The summed E-state index contributed by atoms with van der Waals surface area (Å²) in [6.45, 7) is 2.87. The summed E-state index contributed by atoms with van der Waals surface area (Å²) in [6.07, 6.45) is 0.493. The van der Waals surface area contributed by atoms with E-state index in [0.717, 1.165) is 18.7 Å². The average Bonchev–Trinajstić information content (AvgIpc) is 2.82. The second-order valence-electron chi connectivity index (χ2n) is 5.12.